The average molecular weight is 483 g/mol. The molecule has 0 saturated heterocycles. The van der Waals surface area contributed by atoms with Gasteiger partial charge < -0.3 is 4.90 Å². The first kappa shape index (κ1) is 25.6. The normalized spacial score (nSPS) is 11.6. The molecular formula is C26H34N4O3S. The molecule has 8 heteroatoms. The third-order valence-corrected chi connectivity index (χ3v) is 7.85. The number of amides is 1. The van der Waals surface area contributed by atoms with E-state index < -0.39 is 10.0 Å². The predicted molar refractivity (Wildman–Crippen MR) is 135 cm³/mol. The second-order valence-corrected chi connectivity index (χ2v) is 10.3. The summed E-state index contributed by atoms with van der Waals surface area (Å²) in [6, 6.07) is 18.3. The number of aryl methyl sites for hydroxylation is 1. The molecule has 0 saturated carbocycles. The molecule has 0 aliphatic carbocycles. The van der Waals surface area contributed by atoms with Crippen LogP contribution in [0.25, 0.3) is 11.3 Å². The van der Waals surface area contributed by atoms with Crippen LogP contribution in [0.15, 0.2) is 65.6 Å². The molecule has 3 aromatic rings. The quantitative estimate of drug-likeness (QED) is 0.383. The lowest BCUT2D eigenvalue weighted by molar-refractivity contribution is 0.0773. The monoisotopic (exact) mass is 482 g/mol. The highest BCUT2D eigenvalue weighted by molar-refractivity contribution is 7.89. The molecule has 0 aliphatic rings. The van der Waals surface area contributed by atoms with Crippen molar-refractivity contribution in [2.45, 2.75) is 44.4 Å². The van der Waals surface area contributed by atoms with Gasteiger partial charge >= 0.3 is 0 Å². The molecule has 34 heavy (non-hydrogen) atoms. The maximum Gasteiger partial charge on any atom is 0.253 e. The highest BCUT2D eigenvalue weighted by Gasteiger charge is 2.21. The van der Waals surface area contributed by atoms with Crippen LogP contribution in [0.5, 0.6) is 0 Å². The molecule has 0 radical (unpaired) electrons. The van der Waals surface area contributed by atoms with E-state index in [1.54, 1.807) is 24.1 Å². The van der Waals surface area contributed by atoms with E-state index in [1.165, 1.54) is 16.4 Å². The SMILES string of the molecule is CCN(CC)C(=O)c1ccc(S(=O)(=O)N(C)CCCCCc2cc(-c3ccccc3)n[nH]2)cc1. The number of nitrogens with zero attached hydrogens (tertiary/aromatic N) is 3. The van der Waals surface area contributed by atoms with Crippen LogP contribution in [0.2, 0.25) is 0 Å². The van der Waals surface area contributed by atoms with Crippen molar-refractivity contribution >= 4 is 15.9 Å². The van der Waals surface area contributed by atoms with E-state index >= 15 is 0 Å². The number of aromatic nitrogens is 2. The van der Waals surface area contributed by atoms with E-state index in [2.05, 4.69) is 16.3 Å². The zero-order valence-electron chi connectivity index (χ0n) is 20.2. The Morgan fingerprint density at radius 2 is 1.62 bits per heavy atom. The summed E-state index contributed by atoms with van der Waals surface area (Å²) < 4.78 is 27.2. The first-order valence-corrected chi connectivity index (χ1v) is 13.3. The van der Waals surface area contributed by atoms with Crippen molar-refractivity contribution in [3.8, 4) is 11.3 Å². The minimum atomic E-state index is -3.59. The summed E-state index contributed by atoms with van der Waals surface area (Å²) in [5.74, 6) is -0.0875. The van der Waals surface area contributed by atoms with Crippen molar-refractivity contribution in [2.24, 2.45) is 0 Å². The predicted octanol–water partition coefficient (Wildman–Crippen LogP) is 4.59. The number of hydrogen-bond donors (Lipinski definition) is 1. The second kappa shape index (κ2) is 11.9. The van der Waals surface area contributed by atoms with E-state index in [1.807, 2.05) is 44.2 Å². The van der Waals surface area contributed by atoms with E-state index in [0.29, 0.717) is 25.2 Å². The highest BCUT2D eigenvalue weighted by Crippen LogP contribution is 2.19. The summed E-state index contributed by atoms with van der Waals surface area (Å²) in [6.07, 6.45) is 3.51. The number of rotatable bonds is 12. The van der Waals surface area contributed by atoms with E-state index in [9.17, 15) is 13.2 Å². The van der Waals surface area contributed by atoms with E-state index in [-0.39, 0.29) is 10.8 Å². The number of unbranched alkanes of at least 4 members (excludes halogenated alkanes) is 2. The van der Waals surface area contributed by atoms with Crippen molar-refractivity contribution in [3.63, 3.8) is 0 Å². The number of H-pyrrole nitrogens is 1. The molecule has 1 N–H and O–H groups in total. The molecule has 0 fully saturated rings. The van der Waals surface area contributed by atoms with Gasteiger partial charge in [0.25, 0.3) is 5.91 Å². The number of benzene rings is 2. The standard InChI is InChI=1S/C26H34N4O3S/c1-4-30(5-2)26(31)22-15-17-24(18-16-22)34(32,33)29(3)19-11-7-10-14-23-20-25(28-27-23)21-12-8-6-9-13-21/h6,8-9,12-13,15-18,20H,4-5,7,10-11,14,19H2,1-3H3,(H,27,28). The van der Waals surface area contributed by atoms with E-state index in [4.69, 9.17) is 0 Å². The van der Waals surface area contributed by atoms with Crippen LogP contribution in [0.1, 0.15) is 49.2 Å². The minimum Gasteiger partial charge on any atom is -0.339 e. The Labute approximate surface area is 202 Å². The number of carbonyl (C=O) groups is 1. The lowest BCUT2D eigenvalue weighted by atomic mass is 10.1. The Morgan fingerprint density at radius 3 is 2.26 bits per heavy atom. The van der Waals surface area contributed by atoms with Crippen LogP contribution >= 0.6 is 0 Å². The molecule has 0 unspecified atom stereocenters. The Balaban J connectivity index is 1.46. The first-order chi connectivity index (χ1) is 16.4. The summed E-state index contributed by atoms with van der Waals surface area (Å²) in [7, 11) is -1.98. The molecule has 1 amide bonds. The third-order valence-electron chi connectivity index (χ3n) is 5.98. The number of carbonyl (C=O) groups excluding carboxylic acids is 1. The van der Waals surface area contributed by atoms with Crippen molar-refractivity contribution < 1.29 is 13.2 Å². The van der Waals surface area contributed by atoms with Gasteiger partial charge in [0.2, 0.25) is 10.0 Å². The number of aromatic amines is 1. The molecule has 0 bridgehead atoms. The van der Waals surface area contributed by atoms with Gasteiger partial charge in [-0.05, 0) is 63.4 Å². The molecule has 2 aromatic carbocycles. The Bertz CT molecular complexity index is 1150. The Hall–Kier alpha value is -2.97. The molecule has 0 atom stereocenters. The number of hydrogen-bond acceptors (Lipinski definition) is 4. The van der Waals surface area contributed by atoms with Gasteiger partial charge in [-0.25, -0.2) is 12.7 Å². The van der Waals surface area contributed by atoms with Crippen LogP contribution in [0.3, 0.4) is 0 Å². The van der Waals surface area contributed by atoms with Gasteiger partial charge in [0, 0.05) is 43.5 Å². The average Bonchev–Trinajstić information content (AvgIpc) is 3.34. The van der Waals surface area contributed by atoms with Crippen molar-refractivity contribution in [2.75, 3.05) is 26.7 Å². The molecule has 0 spiro atoms. The lowest BCUT2D eigenvalue weighted by Crippen LogP contribution is -2.30. The molecule has 182 valence electrons. The molecule has 1 heterocycles. The number of sulfonamides is 1. The lowest BCUT2D eigenvalue weighted by Gasteiger charge is -2.19. The highest BCUT2D eigenvalue weighted by atomic mass is 32.2. The third kappa shape index (κ3) is 6.33. The maximum absolute atomic E-state index is 12.9. The van der Waals surface area contributed by atoms with Gasteiger partial charge in [-0.2, -0.15) is 5.10 Å². The largest absolute Gasteiger partial charge is 0.339 e. The first-order valence-electron chi connectivity index (χ1n) is 11.8. The van der Waals surface area contributed by atoms with Crippen LogP contribution in [0, 0.1) is 0 Å². The summed E-state index contributed by atoms with van der Waals surface area (Å²) in [6.45, 7) is 5.53. The van der Waals surface area contributed by atoms with Crippen LogP contribution in [-0.2, 0) is 16.4 Å². The van der Waals surface area contributed by atoms with Gasteiger partial charge in [-0.1, -0.05) is 36.8 Å². The molecule has 0 aliphatic heterocycles. The molecule has 3 rings (SSSR count). The minimum absolute atomic E-state index is 0.0875. The summed E-state index contributed by atoms with van der Waals surface area (Å²) in [4.78, 5) is 14.4. The zero-order chi connectivity index (χ0) is 24.6. The fraction of sp³-hybridized carbons (Fsp3) is 0.385. The molecule has 7 nitrogen and oxygen atoms in total. The zero-order valence-corrected chi connectivity index (χ0v) is 21.0. The van der Waals surface area contributed by atoms with Gasteiger partial charge in [-0.3, -0.25) is 9.89 Å². The summed E-state index contributed by atoms with van der Waals surface area (Å²) >= 11 is 0. The topological polar surface area (TPSA) is 86.4 Å². The van der Waals surface area contributed by atoms with Gasteiger partial charge in [0.1, 0.15) is 0 Å². The fourth-order valence-electron chi connectivity index (χ4n) is 3.84. The van der Waals surface area contributed by atoms with Gasteiger partial charge in [-0.15, -0.1) is 0 Å². The van der Waals surface area contributed by atoms with Crippen LogP contribution in [-0.4, -0.2) is 60.4 Å². The van der Waals surface area contributed by atoms with Crippen molar-refractivity contribution in [3.05, 3.63) is 71.9 Å². The summed E-state index contributed by atoms with van der Waals surface area (Å²) in [5, 5.41) is 7.47. The molecular weight excluding hydrogens is 448 g/mol. The summed E-state index contributed by atoms with van der Waals surface area (Å²) in [5.41, 5.74) is 3.60. The van der Waals surface area contributed by atoms with Crippen molar-refractivity contribution in [1.29, 1.82) is 0 Å². The number of nitrogens with one attached hydrogen (secondary N) is 1. The molecule has 1 aromatic heterocycles. The fourth-order valence-corrected chi connectivity index (χ4v) is 5.05. The van der Waals surface area contributed by atoms with Gasteiger partial charge in [0.05, 0.1) is 10.6 Å². The van der Waals surface area contributed by atoms with E-state index in [0.717, 1.165) is 42.6 Å². The van der Waals surface area contributed by atoms with Crippen LogP contribution < -0.4 is 0 Å². The Kier molecular flexibility index (Phi) is 9.01. The van der Waals surface area contributed by atoms with Crippen LogP contribution in [0.4, 0.5) is 0 Å². The Morgan fingerprint density at radius 1 is 0.941 bits per heavy atom. The maximum atomic E-state index is 12.9. The van der Waals surface area contributed by atoms with Gasteiger partial charge in [0.15, 0.2) is 0 Å². The second-order valence-electron chi connectivity index (χ2n) is 8.28. The smallest absolute Gasteiger partial charge is 0.253 e. The van der Waals surface area contributed by atoms with Crippen molar-refractivity contribution in [1.82, 2.24) is 19.4 Å².